The van der Waals surface area contributed by atoms with Gasteiger partial charge >= 0.3 is 0 Å². The molecular weight excluding hydrogens is 246 g/mol. The highest BCUT2D eigenvalue weighted by Crippen LogP contribution is 2.32. The molecule has 3 heteroatoms. The highest BCUT2D eigenvalue weighted by atomic mass is 15.1. The van der Waals surface area contributed by atoms with E-state index in [0.717, 1.165) is 23.9 Å². The molecule has 0 bridgehead atoms. The van der Waals surface area contributed by atoms with Crippen LogP contribution in [0, 0.1) is 19.8 Å². The molecule has 1 atom stereocenters. The van der Waals surface area contributed by atoms with Gasteiger partial charge in [-0.1, -0.05) is 39.0 Å². The third-order valence-corrected chi connectivity index (χ3v) is 4.45. The van der Waals surface area contributed by atoms with E-state index in [9.17, 15) is 0 Å². The largest absolute Gasteiger partial charge is 0.310 e. The first-order valence-electron chi connectivity index (χ1n) is 8.25. The Morgan fingerprint density at radius 2 is 1.95 bits per heavy atom. The Kier molecular flexibility index (Phi) is 5.96. The van der Waals surface area contributed by atoms with Crippen molar-refractivity contribution >= 4 is 0 Å². The van der Waals surface area contributed by atoms with Crippen molar-refractivity contribution in [3.05, 3.63) is 23.0 Å². The number of aryl methyl sites for hydroxylation is 2. The topological polar surface area (TPSA) is 37.8 Å². The molecule has 0 amide bonds. The monoisotopic (exact) mass is 275 g/mol. The standard InChI is InChI=1S/C17H29N3/c1-4-10-18-17(12-15-8-6-5-7-9-15)16-11-13(2)19-20-14(16)3/h11,15,17-18H,4-10,12H2,1-3H3. The molecule has 1 aliphatic carbocycles. The van der Waals surface area contributed by atoms with Crippen LogP contribution < -0.4 is 5.32 Å². The van der Waals surface area contributed by atoms with Gasteiger partial charge in [0, 0.05) is 6.04 Å². The summed E-state index contributed by atoms with van der Waals surface area (Å²) in [6.45, 7) is 7.43. The molecule has 0 aromatic carbocycles. The van der Waals surface area contributed by atoms with E-state index in [1.54, 1.807) is 0 Å². The zero-order valence-corrected chi connectivity index (χ0v) is 13.3. The third-order valence-electron chi connectivity index (χ3n) is 4.45. The van der Waals surface area contributed by atoms with Crippen molar-refractivity contribution in [3.63, 3.8) is 0 Å². The lowest BCUT2D eigenvalue weighted by Gasteiger charge is -2.28. The number of hydrogen-bond donors (Lipinski definition) is 1. The van der Waals surface area contributed by atoms with Crippen LogP contribution in [0.4, 0.5) is 0 Å². The van der Waals surface area contributed by atoms with Gasteiger partial charge in [0.15, 0.2) is 0 Å². The Balaban J connectivity index is 2.10. The molecule has 1 unspecified atom stereocenters. The second-order valence-electron chi connectivity index (χ2n) is 6.27. The van der Waals surface area contributed by atoms with Gasteiger partial charge in [-0.05, 0) is 50.8 Å². The Morgan fingerprint density at radius 1 is 1.20 bits per heavy atom. The fraction of sp³-hybridized carbons (Fsp3) is 0.765. The molecule has 20 heavy (non-hydrogen) atoms. The van der Waals surface area contributed by atoms with Gasteiger partial charge in [0.1, 0.15) is 0 Å². The molecule has 1 saturated carbocycles. The molecule has 1 aliphatic rings. The van der Waals surface area contributed by atoms with Crippen molar-refractivity contribution in [2.75, 3.05) is 6.54 Å². The SMILES string of the molecule is CCCNC(CC1CCCCC1)c1cc(C)nnc1C. The lowest BCUT2D eigenvalue weighted by Crippen LogP contribution is -2.26. The predicted octanol–water partition coefficient (Wildman–Crippen LogP) is 4.10. The molecule has 112 valence electrons. The average molecular weight is 275 g/mol. The number of rotatable bonds is 6. The molecule has 1 heterocycles. The summed E-state index contributed by atoms with van der Waals surface area (Å²) in [5.74, 6) is 0.881. The van der Waals surface area contributed by atoms with Gasteiger partial charge < -0.3 is 5.32 Å². The lowest BCUT2D eigenvalue weighted by atomic mass is 9.83. The van der Waals surface area contributed by atoms with E-state index in [-0.39, 0.29) is 0 Å². The van der Waals surface area contributed by atoms with Gasteiger partial charge in [0.05, 0.1) is 11.4 Å². The van der Waals surface area contributed by atoms with Crippen molar-refractivity contribution in [3.8, 4) is 0 Å². The fourth-order valence-electron chi connectivity index (χ4n) is 3.32. The second-order valence-corrected chi connectivity index (χ2v) is 6.27. The first kappa shape index (κ1) is 15.4. The molecule has 0 saturated heterocycles. The Hall–Kier alpha value is -0.960. The summed E-state index contributed by atoms with van der Waals surface area (Å²) in [6, 6.07) is 2.67. The number of hydrogen-bond acceptors (Lipinski definition) is 3. The van der Waals surface area contributed by atoms with Gasteiger partial charge in [-0.15, -0.1) is 0 Å². The molecule has 1 aromatic rings. The Labute approximate surface area is 123 Å². The van der Waals surface area contributed by atoms with Crippen molar-refractivity contribution < 1.29 is 0 Å². The van der Waals surface area contributed by atoms with Crippen molar-refractivity contribution in [2.24, 2.45) is 5.92 Å². The van der Waals surface area contributed by atoms with E-state index in [4.69, 9.17) is 0 Å². The van der Waals surface area contributed by atoms with Gasteiger partial charge in [-0.3, -0.25) is 0 Å². The maximum absolute atomic E-state index is 4.31. The summed E-state index contributed by atoms with van der Waals surface area (Å²) in [4.78, 5) is 0. The Bertz CT molecular complexity index is 411. The Morgan fingerprint density at radius 3 is 2.65 bits per heavy atom. The van der Waals surface area contributed by atoms with E-state index in [0.29, 0.717) is 6.04 Å². The maximum Gasteiger partial charge on any atom is 0.0648 e. The first-order valence-corrected chi connectivity index (χ1v) is 8.25. The van der Waals surface area contributed by atoms with Crippen LogP contribution in [0.1, 0.15) is 74.9 Å². The van der Waals surface area contributed by atoms with Crippen LogP contribution >= 0.6 is 0 Å². The van der Waals surface area contributed by atoms with Crippen LogP contribution in [0.15, 0.2) is 6.07 Å². The summed E-state index contributed by atoms with van der Waals surface area (Å²) >= 11 is 0. The van der Waals surface area contributed by atoms with Crippen LogP contribution in [0.3, 0.4) is 0 Å². The highest BCUT2D eigenvalue weighted by molar-refractivity contribution is 5.23. The summed E-state index contributed by atoms with van der Waals surface area (Å²) < 4.78 is 0. The number of aromatic nitrogens is 2. The third kappa shape index (κ3) is 4.27. The zero-order chi connectivity index (χ0) is 14.4. The van der Waals surface area contributed by atoms with Crippen LogP contribution in [-0.4, -0.2) is 16.7 Å². The van der Waals surface area contributed by atoms with Crippen LogP contribution in [0.5, 0.6) is 0 Å². The molecule has 1 aromatic heterocycles. The summed E-state index contributed by atoms with van der Waals surface area (Å²) in [5.41, 5.74) is 3.47. The molecule has 3 nitrogen and oxygen atoms in total. The second kappa shape index (κ2) is 7.72. The first-order chi connectivity index (χ1) is 9.70. The molecule has 0 radical (unpaired) electrons. The molecule has 1 fully saturated rings. The minimum Gasteiger partial charge on any atom is -0.310 e. The van der Waals surface area contributed by atoms with Crippen molar-refractivity contribution in [1.82, 2.24) is 15.5 Å². The van der Waals surface area contributed by atoms with Crippen LogP contribution in [0.2, 0.25) is 0 Å². The van der Waals surface area contributed by atoms with Crippen molar-refractivity contribution in [1.29, 1.82) is 0 Å². The van der Waals surface area contributed by atoms with Gasteiger partial charge in [-0.25, -0.2) is 0 Å². The predicted molar refractivity (Wildman–Crippen MR) is 83.7 cm³/mol. The lowest BCUT2D eigenvalue weighted by molar-refractivity contribution is 0.299. The van der Waals surface area contributed by atoms with E-state index < -0.39 is 0 Å². The van der Waals surface area contributed by atoms with Gasteiger partial charge in [0.2, 0.25) is 0 Å². The smallest absolute Gasteiger partial charge is 0.0648 e. The molecule has 0 aliphatic heterocycles. The summed E-state index contributed by atoms with van der Waals surface area (Å²) in [5, 5.41) is 12.2. The van der Waals surface area contributed by atoms with E-state index in [1.807, 2.05) is 6.92 Å². The number of nitrogens with zero attached hydrogens (tertiary/aromatic N) is 2. The fourth-order valence-corrected chi connectivity index (χ4v) is 3.32. The van der Waals surface area contributed by atoms with Gasteiger partial charge in [0.25, 0.3) is 0 Å². The maximum atomic E-state index is 4.31. The molecular formula is C17H29N3. The normalized spacial score (nSPS) is 18.1. The average Bonchev–Trinajstić information content (AvgIpc) is 2.47. The highest BCUT2D eigenvalue weighted by Gasteiger charge is 2.21. The minimum absolute atomic E-state index is 0.451. The summed E-state index contributed by atoms with van der Waals surface area (Å²) in [7, 11) is 0. The van der Waals surface area contributed by atoms with Gasteiger partial charge in [-0.2, -0.15) is 10.2 Å². The molecule has 1 N–H and O–H groups in total. The summed E-state index contributed by atoms with van der Waals surface area (Å²) in [6.07, 6.45) is 9.50. The van der Waals surface area contributed by atoms with Crippen LogP contribution in [0.25, 0.3) is 0 Å². The van der Waals surface area contributed by atoms with Crippen molar-refractivity contribution in [2.45, 2.75) is 71.8 Å². The van der Waals surface area contributed by atoms with E-state index in [2.05, 4.69) is 35.4 Å². The molecule has 2 rings (SSSR count). The zero-order valence-electron chi connectivity index (χ0n) is 13.3. The van der Waals surface area contributed by atoms with Crippen LogP contribution in [-0.2, 0) is 0 Å². The quantitative estimate of drug-likeness (QED) is 0.849. The number of nitrogens with one attached hydrogen (secondary N) is 1. The van der Waals surface area contributed by atoms with E-state index >= 15 is 0 Å². The molecule has 0 spiro atoms. The minimum atomic E-state index is 0.451. The van der Waals surface area contributed by atoms with E-state index in [1.165, 1.54) is 50.5 Å².